The zero-order valence-corrected chi connectivity index (χ0v) is 9.08. The Labute approximate surface area is 92.9 Å². The molecule has 0 heterocycles. The smallest absolute Gasteiger partial charge is 0.314 e. The van der Waals surface area contributed by atoms with Crippen molar-refractivity contribution in [3.8, 4) is 11.5 Å². The average Bonchev–Trinajstić information content (AvgIpc) is 3.04. The van der Waals surface area contributed by atoms with Crippen LogP contribution in [0.2, 0.25) is 5.02 Å². The first-order valence-electron chi connectivity index (χ1n) is 4.76. The Kier molecular flexibility index (Phi) is 2.82. The molecule has 1 aliphatic rings. The standard InChI is InChI=1S/C11H11ClO3/c1-14-10-6-8(4-5-9(10)12)15-11(13)7-2-3-7/h4-7H,2-3H2,1H3. The van der Waals surface area contributed by atoms with Crippen molar-refractivity contribution in [2.24, 2.45) is 5.92 Å². The fraction of sp³-hybridized carbons (Fsp3) is 0.364. The van der Waals surface area contributed by atoms with Gasteiger partial charge in [0.05, 0.1) is 18.1 Å². The van der Waals surface area contributed by atoms with Crippen molar-refractivity contribution in [2.45, 2.75) is 12.8 Å². The summed E-state index contributed by atoms with van der Waals surface area (Å²) in [7, 11) is 1.52. The number of rotatable bonds is 3. The van der Waals surface area contributed by atoms with Gasteiger partial charge in [0, 0.05) is 6.07 Å². The van der Waals surface area contributed by atoms with Gasteiger partial charge < -0.3 is 9.47 Å². The predicted molar refractivity (Wildman–Crippen MR) is 56.4 cm³/mol. The molecule has 2 rings (SSSR count). The summed E-state index contributed by atoms with van der Waals surface area (Å²) in [4.78, 5) is 11.4. The Morgan fingerprint density at radius 2 is 2.20 bits per heavy atom. The van der Waals surface area contributed by atoms with Crippen LogP contribution in [0.25, 0.3) is 0 Å². The Morgan fingerprint density at radius 1 is 1.47 bits per heavy atom. The van der Waals surface area contributed by atoms with E-state index in [4.69, 9.17) is 21.1 Å². The van der Waals surface area contributed by atoms with Gasteiger partial charge in [-0.25, -0.2) is 0 Å². The number of carbonyl (C=O) groups is 1. The van der Waals surface area contributed by atoms with Crippen molar-refractivity contribution >= 4 is 17.6 Å². The molecule has 1 aromatic carbocycles. The Hall–Kier alpha value is -1.22. The number of carbonyl (C=O) groups excluding carboxylic acids is 1. The number of benzene rings is 1. The molecule has 0 amide bonds. The van der Waals surface area contributed by atoms with Gasteiger partial charge >= 0.3 is 5.97 Å². The Balaban J connectivity index is 2.10. The van der Waals surface area contributed by atoms with Crippen LogP contribution < -0.4 is 9.47 Å². The minimum Gasteiger partial charge on any atom is -0.495 e. The second-order valence-electron chi connectivity index (χ2n) is 3.49. The maximum Gasteiger partial charge on any atom is 0.314 e. The van der Waals surface area contributed by atoms with Gasteiger partial charge in [-0.3, -0.25) is 4.79 Å². The highest BCUT2D eigenvalue weighted by molar-refractivity contribution is 6.32. The van der Waals surface area contributed by atoms with Gasteiger partial charge in [-0.1, -0.05) is 11.6 Å². The second-order valence-corrected chi connectivity index (χ2v) is 3.90. The quantitative estimate of drug-likeness (QED) is 0.587. The summed E-state index contributed by atoms with van der Waals surface area (Å²) in [5, 5.41) is 0.503. The summed E-state index contributed by atoms with van der Waals surface area (Å²) in [6.45, 7) is 0. The van der Waals surface area contributed by atoms with E-state index in [9.17, 15) is 4.79 Å². The van der Waals surface area contributed by atoms with Crippen LogP contribution in [0.4, 0.5) is 0 Å². The molecule has 0 unspecified atom stereocenters. The Morgan fingerprint density at radius 3 is 2.80 bits per heavy atom. The second kappa shape index (κ2) is 4.11. The van der Waals surface area contributed by atoms with Gasteiger partial charge in [0.15, 0.2) is 0 Å². The average molecular weight is 227 g/mol. The van der Waals surface area contributed by atoms with E-state index < -0.39 is 0 Å². The number of ether oxygens (including phenoxy) is 2. The van der Waals surface area contributed by atoms with Crippen molar-refractivity contribution in [1.82, 2.24) is 0 Å². The number of methoxy groups -OCH3 is 1. The number of halogens is 1. The van der Waals surface area contributed by atoms with E-state index in [1.54, 1.807) is 18.2 Å². The molecule has 4 heteroatoms. The van der Waals surface area contributed by atoms with Crippen molar-refractivity contribution < 1.29 is 14.3 Å². The third-order valence-corrected chi connectivity index (χ3v) is 2.56. The summed E-state index contributed by atoms with van der Waals surface area (Å²) in [6, 6.07) is 4.92. The zero-order chi connectivity index (χ0) is 10.8. The first-order chi connectivity index (χ1) is 7.20. The fourth-order valence-corrected chi connectivity index (χ4v) is 1.42. The van der Waals surface area contributed by atoms with Gasteiger partial charge in [0.1, 0.15) is 11.5 Å². The molecule has 0 spiro atoms. The van der Waals surface area contributed by atoms with Crippen LogP contribution in [0.15, 0.2) is 18.2 Å². The molecule has 0 atom stereocenters. The van der Waals surface area contributed by atoms with E-state index >= 15 is 0 Å². The maximum absolute atomic E-state index is 11.4. The molecule has 0 N–H and O–H groups in total. The predicted octanol–water partition coefficient (Wildman–Crippen LogP) is 2.66. The molecule has 1 fully saturated rings. The number of hydrogen-bond donors (Lipinski definition) is 0. The lowest BCUT2D eigenvalue weighted by Gasteiger charge is -2.06. The SMILES string of the molecule is COc1cc(OC(=O)C2CC2)ccc1Cl. The molecular weight excluding hydrogens is 216 g/mol. The molecule has 80 valence electrons. The highest BCUT2D eigenvalue weighted by Crippen LogP contribution is 2.33. The van der Waals surface area contributed by atoms with E-state index in [0.717, 1.165) is 12.8 Å². The van der Waals surface area contributed by atoms with Crippen LogP contribution in [0.5, 0.6) is 11.5 Å². The van der Waals surface area contributed by atoms with Crippen molar-refractivity contribution in [3.63, 3.8) is 0 Å². The zero-order valence-electron chi connectivity index (χ0n) is 8.33. The summed E-state index contributed by atoms with van der Waals surface area (Å²) in [5.74, 6) is 0.914. The van der Waals surface area contributed by atoms with E-state index in [0.29, 0.717) is 16.5 Å². The van der Waals surface area contributed by atoms with Gasteiger partial charge in [0.25, 0.3) is 0 Å². The first kappa shape index (κ1) is 10.3. The van der Waals surface area contributed by atoms with E-state index in [1.165, 1.54) is 7.11 Å². The summed E-state index contributed by atoms with van der Waals surface area (Å²) in [5.41, 5.74) is 0. The highest BCUT2D eigenvalue weighted by Gasteiger charge is 2.31. The van der Waals surface area contributed by atoms with E-state index in [-0.39, 0.29) is 11.9 Å². The molecule has 0 radical (unpaired) electrons. The lowest BCUT2D eigenvalue weighted by molar-refractivity contribution is -0.135. The lowest BCUT2D eigenvalue weighted by atomic mass is 10.3. The topological polar surface area (TPSA) is 35.5 Å². The van der Waals surface area contributed by atoms with Crippen molar-refractivity contribution in [2.75, 3.05) is 7.11 Å². The van der Waals surface area contributed by atoms with Crippen LogP contribution in [-0.4, -0.2) is 13.1 Å². The van der Waals surface area contributed by atoms with Crippen molar-refractivity contribution in [1.29, 1.82) is 0 Å². The van der Waals surface area contributed by atoms with E-state index in [1.807, 2.05) is 0 Å². The van der Waals surface area contributed by atoms with Crippen LogP contribution >= 0.6 is 11.6 Å². The highest BCUT2D eigenvalue weighted by atomic mass is 35.5. The summed E-state index contributed by atoms with van der Waals surface area (Å²) in [6.07, 6.45) is 1.87. The van der Waals surface area contributed by atoms with Crippen LogP contribution in [0, 0.1) is 5.92 Å². The largest absolute Gasteiger partial charge is 0.495 e. The normalized spacial score (nSPS) is 14.8. The molecule has 15 heavy (non-hydrogen) atoms. The van der Waals surface area contributed by atoms with Gasteiger partial charge in [-0.05, 0) is 25.0 Å². The first-order valence-corrected chi connectivity index (χ1v) is 5.13. The molecule has 3 nitrogen and oxygen atoms in total. The maximum atomic E-state index is 11.4. The van der Waals surface area contributed by atoms with Crippen LogP contribution in [0.3, 0.4) is 0 Å². The third kappa shape index (κ3) is 2.42. The van der Waals surface area contributed by atoms with Crippen LogP contribution in [-0.2, 0) is 4.79 Å². The number of hydrogen-bond acceptors (Lipinski definition) is 3. The van der Waals surface area contributed by atoms with E-state index in [2.05, 4.69) is 0 Å². The molecule has 0 aromatic heterocycles. The third-order valence-electron chi connectivity index (χ3n) is 2.25. The number of esters is 1. The van der Waals surface area contributed by atoms with Gasteiger partial charge in [-0.15, -0.1) is 0 Å². The molecule has 1 aliphatic carbocycles. The Bertz CT molecular complexity index is 385. The van der Waals surface area contributed by atoms with Gasteiger partial charge in [0.2, 0.25) is 0 Å². The minimum absolute atomic E-state index is 0.0895. The van der Waals surface area contributed by atoms with Crippen LogP contribution in [0.1, 0.15) is 12.8 Å². The fourth-order valence-electron chi connectivity index (χ4n) is 1.22. The minimum atomic E-state index is -0.167. The monoisotopic (exact) mass is 226 g/mol. The molecule has 1 saturated carbocycles. The molecular formula is C11H11ClO3. The van der Waals surface area contributed by atoms with Gasteiger partial charge in [-0.2, -0.15) is 0 Å². The molecule has 1 aromatic rings. The lowest BCUT2D eigenvalue weighted by Crippen LogP contribution is -2.09. The molecule has 0 aliphatic heterocycles. The summed E-state index contributed by atoms with van der Waals surface area (Å²) < 4.78 is 10.2. The summed E-state index contributed by atoms with van der Waals surface area (Å²) >= 11 is 5.84. The molecule has 0 bridgehead atoms. The molecule has 0 saturated heterocycles. The van der Waals surface area contributed by atoms with Crippen molar-refractivity contribution in [3.05, 3.63) is 23.2 Å².